The van der Waals surface area contributed by atoms with Gasteiger partial charge >= 0.3 is 0 Å². The monoisotopic (exact) mass is 208 g/mol. The summed E-state index contributed by atoms with van der Waals surface area (Å²) in [5.41, 5.74) is 0.437. The summed E-state index contributed by atoms with van der Waals surface area (Å²) in [6, 6.07) is 4.11. The van der Waals surface area contributed by atoms with Crippen LogP contribution >= 0.6 is 23.2 Å². The molecule has 0 bridgehead atoms. The number of halogens is 3. The molecule has 0 amide bonds. The molecule has 1 N–H and O–H groups in total. The standard InChI is InChI=1S/C8H7Cl2FO/c9-4-8(12)5-1-2-6(10)7(11)3-5/h1-3,8,12H,4H2/t8-/m0/s1. The van der Waals surface area contributed by atoms with Gasteiger partial charge in [0.2, 0.25) is 0 Å². The van der Waals surface area contributed by atoms with Crippen LogP contribution in [0.5, 0.6) is 0 Å². The van der Waals surface area contributed by atoms with Crippen molar-refractivity contribution in [1.82, 2.24) is 0 Å². The lowest BCUT2D eigenvalue weighted by atomic mass is 10.1. The van der Waals surface area contributed by atoms with Crippen LogP contribution in [-0.4, -0.2) is 11.0 Å². The van der Waals surface area contributed by atoms with Gasteiger partial charge in [-0.1, -0.05) is 17.7 Å². The van der Waals surface area contributed by atoms with Crippen molar-refractivity contribution in [2.75, 3.05) is 5.88 Å². The van der Waals surface area contributed by atoms with E-state index in [0.29, 0.717) is 5.56 Å². The summed E-state index contributed by atoms with van der Waals surface area (Å²) in [6.45, 7) is 0. The molecule has 0 heterocycles. The summed E-state index contributed by atoms with van der Waals surface area (Å²) in [5.74, 6) is -0.500. The van der Waals surface area contributed by atoms with Gasteiger partial charge in [-0.25, -0.2) is 4.39 Å². The summed E-state index contributed by atoms with van der Waals surface area (Å²) in [5, 5.41) is 9.25. The van der Waals surface area contributed by atoms with Crippen molar-refractivity contribution < 1.29 is 9.50 Å². The van der Waals surface area contributed by atoms with Gasteiger partial charge in [0, 0.05) is 0 Å². The van der Waals surface area contributed by atoms with E-state index in [9.17, 15) is 9.50 Å². The Morgan fingerprint density at radius 3 is 2.67 bits per heavy atom. The van der Waals surface area contributed by atoms with Gasteiger partial charge in [0.1, 0.15) is 5.82 Å². The molecule has 1 nitrogen and oxygen atoms in total. The van der Waals surface area contributed by atoms with Crippen LogP contribution in [0.4, 0.5) is 4.39 Å². The number of aliphatic hydroxyl groups excluding tert-OH is 1. The third-order valence-corrected chi connectivity index (χ3v) is 2.07. The minimum Gasteiger partial charge on any atom is -0.387 e. The summed E-state index contributed by atoms with van der Waals surface area (Å²) in [4.78, 5) is 0. The molecule has 0 saturated carbocycles. The largest absolute Gasteiger partial charge is 0.387 e. The van der Waals surface area contributed by atoms with Crippen LogP contribution in [0.1, 0.15) is 11.7 Å². The number of alkyl halides is 1. The van der Waals surface area contributed by atoms with E-state index in [1.165, 1.54) is 12.1 Å². The average molecular weight is 209 g/mol. The SMILES string of the molecule is O[C@@H](CCl)c1ccc(Cl)c(F)c1. The van der Waals surface area contributed by atoms with Crippen molar-refractivity contribution in [3.05, 3.63) is 34.6 Å². The Bertz CT molecular complexity index is 278. The van der Waals surface area contributed by atoms with E-state index in [2.05, 4.69) is 0 Å². The van der Waals surface area contributed by atoms with Crippen molar-refractivity contribution in [1.29, 1.82) is 0 Å². The van der Waals surface area contributed by atoms with Gasteiger partial charge < -0.3 is 5.11 Å². The number of hydrogen-bond donors (Lipinski definition) is 1. The van der Waals surface area contributed by atoms with Crippen molar-refractivity contribution >= 4 is 23.2 Å². The Balaban J connectivity index is 2.96. The molecule has 4 heteroatoms. The second kappa shape index (κ2) is 4.08. The predicted molar refractivity (Wildman–Crippen MR) is 47.1 cm³/mol. The normalized spacial score (nSPS) is 13.0. The molecule has 1 aromatic rings. The highest BCUT2D eigenvalue weighted by atomic mass is 35.5. The summed E-state index contributed by atoms with van der Waals surface area (Å²) < 4.78 is 12.8. The number of benzene rings is 1. The van der Waals surface area contributed by atoms with Gasteiger partial charge in [-0.3, -0.25) is 0 Å². The first-order chi connectivity index (χ1) is 5.65. The van der Waals surface area contributed by atoms with Crippen LogP contribution in [0.3, 0.4) is 0 Å². The molecule has 0 aliphatic heterocycles. The number of hydrogen-bond acceptors (Lipinski definition) is 1. The quantitative estimate of drug-likeness (QED) is 0.742. The smallest absolute Gasteiger partial charge is 0.142 e. The van der Waals surface area contributed by atoms with E-state index in [1.54, 1.807) is 6.07 Å². The zero-order valence-corrected chi connectivity index (χ0v) is 7.61. The molecule has 1 rings (SSSR count). The van der Waals surface area contributed by atoms with E-state index >= 15 is 0 Å². The Kier molecular flexibility index (Phi) is 3.32. The molecule has 0 aromatic heterocycles. The summed E-state index contributed by atoms with van der Waals surface area (Å²) in [6.07, 6.45) is -0.835. The molecule has 66 valence electrons. The molecule has 0 aliphatic rings. The molecule has 12 heavy (non-hydrogen) atoms. The van der Waals surface area contributed by atoms with Crippen molar-refractivity contribution in [2.45, 2.75) is 6.10 Å². The first-order valence-electron chi connectivity index (χ1n) is 3.34. The van der Waals surface area contributed by atoms with Crippen molar-refractivity contribution in [3.63, 3.8) is 0 Å². The van der Waals surface area contributed by atoms with E-state index in [4.69, 9.17) is 23.2 Å². The number of aliphatic hydroxyl groups is 1. The number of rotatable bonds is 2. The Morgan fingerprint density at radius 1 is 1.50 bits per heavy atom. The molecular formula is C8H7Cl2FO. The maximum atomic E-state index is 12.8. The Labute approximate surface area is 79.7 Å². The first-order valence-corrected chi connectivity index (χ1v) is 4.25. The van der Waals surface area contributed by atoms with Crippen LogP contribution in [-0.2, 0) is 0 Å². The second-order valence-corrected chi connectivity index (χ2v) is 3.06. The fourth-order valence-electron chi connectivity index (χ4n) is 0.809. The van der Waals surface area contributed by atoms with Crippen LogP contribution < -0.4 is 0 Å². The van der Waals surface area contributed by atoms with Crippen LogP contribution in [0.15, 0.2) is 18.2 Å². The summed E-state index contributed by atoms with van der Waals surface area (Å²) in [7, 11) is 0. The molecule has 0 spiro atoms. The molecule has 1 atom stereocenters. The second-order valence-electron chi connectivity index (χ2n) is 2.34. The molecule has 1 aromatic carbocycles. The molecule has 0 aliphatic carbocycles. The minimum absolute atomic E-state index is 0.0422. The highest BCUT2D eigenvalue weighted by Crippen LogP contribution is 2.20. The maximum absolute atomic E-state index is 12.8. The molecule has 0 radical (unpaired) electrons. The first kappa shape index (κ1) is 9.78. The van der Waals surface area contributed by atoms with Gasteiger partial charge in [0.05, 0.1) is 17.0 Å². The van der Waals surface area contributed by atoms with Crippen LogP contribution in [0, 0.1) is 5.82 Å². The van der Waals surface area contributed by atoms with Gasteiger partial charge in [-0.05, 0) is 17.7 Å². The molecule has 0 saturated heterocycles. The van der Waals surface area contributed by atoms with Gasteiger partial charge in [0.15, 0.2) is 0 Å². The van der Waals surface area contributed by atoms with Gasteiger partial charge in [-0.2, -0.15) is 0 Å². The lowest BCUT2D eigenvalue weighted by molar-refractivity contribution is 0.202. The minimum atomic E-state index is -0.835. The fourth-order valence-corrected chi connectivity index (χ4v) is 1.10. The Hall–Kier alpha value is -0.310. The van der Waals surface area contributed by atoms with Crippen molar-refractivity contribution in [2.24, 2.45) is 0 Å². The Morgan fingerprint density at radius 2 is 2.17 bits per heavy atom. The van der Waals surface area contributed by atoms with Gasteiger partial charge in [0.25, 0.3) is 0 Å². The van der Waals surface area contributed by atoms with E-state index in [1.807, 2.05) is 0 Å². The van der Waals surface area contributed by atoms with Gasteiger partial charge in [-0.15, -0.1) is 11.6 Å². The zero-order valence-electron chi connectivity index (χ0n) is 6.10. The molecule has 0 fully saturated rings. The van der Waals surface area contributed by atoms with Crippen LogP contribution in [0.2, 0.25) is 5.02 Å². The third kappa shape index (κ3) is 2.09. The fraction of sp³-hybridized carbons (Fsp3) is 0.250. The lowest BCUT2D eigenvalue weighted by Gasteiger charge is -2.06. The van der Waals surface area contributed by atoms with Crippen LogP contribution in [0.25, 0.3) is 0 Å². The van der Waals surface area contributed by atoms with E-state index in [-0.39, 0.29) is 10.9 Å². The van der Waals surface area contributed by atoms with E-state index in [0.717, 1.165) is 0 Å². The average Bonchev–Trinajstić information content (AvgIpc) is 2.08. The highest BCUT2D eigenvalue weighted by Gasteiger charge is 2.08. The molecular weight excluding hydrogens is 202 g/mol. The zero-order chi connectivity index (χ0) is 9.14. The predicted octanol–water partition coefficient (Wildman–Crippen LogP) is 2.75. The summed E-state index contributed by atoms with van der Waals surface area (Å²) >= 11 is 10.8. The maximum Gasteiger partial charge on any atom is 0.142 e. The van der Waals surface area contributed by atoms with Crippen molar-refractivity contribution in [3.8, 4) is 0 Å². The lowest BCUT2D eigenvalue weighted by Crippen LogP contribution is -1.98. The molecule has 0 unspecified atom stereocenters. The topological polar surface area (TPSA) is 20.2 Å². The third-order valence-electron chi connectivity index (χ3n) is 1.47. The van der Waals surface area contributed by atoms with E-state index < -0.39 is 11.9 Å². The highest BCUT2D eigenvalue weighted by molar-refractivity contribution is 6.30.